The summed E-state index contributed by atoms with van der Waals surface area (Å²) in [6.45, 7) is 7.45. The third kappa shape index (κ3) is 5.89. The van der Waals surface area contributed by atoms with Crippen LogP contribution < -0.4 is 5.32 Å². The average molecular weight is 506 g/mol. The van der Waals surface area contributed by atoms with Crippen LogP contribution in [0.1, 0.15) is 17.2 Å². The van der Waals surface area contributed by atoms with E-state index in [1.807, 2.05) is 79.1 Å². The number of rotatable bonds is 7. The van der Waals surface area contributed by atoms with Gasteiger partial charge in [0, 0.05) is 38.9 Å². The summed E-state index contributed by atoms with van der Waals surface area (Å²) in [5.74, 6) is 2.46. The summed E-state index contributed by atoms with van der Waals surface area (Å²) in [7, 11) is 3.94. The van der Waals surface area contributed by atoms with Crippen molar-refractivity contribution >= 4 is 29.9 Å². The lowest BCUT2D eigenvalue weighted by Crippen LogP contribution is -2.38. The van der Waals surface area contributed by atoms with Crippen LogP contribution in [0.25, 0.3) is 5.69 Å². The highest BCUT2D eigenvalue weighted by Gasteiger charge is 2.10. The minimum Gasteiger partial charge on any atom is -0.353 e. The molecule has 0 atom stereocenters. The van der Waals surface area contributed by atoms with Crippen molar-refractivity contribution in [2.24, 2.45) is 12.0 Å². The third-order valence-electron chi connectivity index (χ3n) is 4.40. The van der Waals surface area contributed by atoms with E-state index in [0.717, 1.165) is 28.9 Å². The SMILES string of the molecule is C=CCNC(=NCc1nnc(C)n1C)N(C)Cc1cnn(-c2ccccc2)c1.I. The molecule has 0 spiro atoms. The Morgan fingerprint density at radius 3 is 2.69 bits per heavy atom. The molecule has 0 amide bonds. The predicted molar refractivity (Wildman–Crippen MR) is 126 cm³/mol. The van der Waals surface area contributed by atoms with Gasteiger partial charge in [-0.15, -0.1) is 40.8 Å². The minimum atomic E-state index is 0. The van der Waals surface area contributed by atoms with Crippen LogP contribution in [0.2, 0.25) is 0 Å². The van der Waals surface area contributed by atoms with Crippen LogP contribution in [0.15, 0.2) is 60.4 Å². The molecule has 0 aliphatic rings. The molecule has 3 aromatic rings. The zero-order valence-electron chi connectivity index (χ0n) is 17.0. The molecular formula is C20H27IN8. The number of aryl methyl sites for hydroxylation is 1. The van der Waals surface area contributed by atoms with Gasteiger partial charge >= 0.3 is 0 Å². The van der Waals surface area contributed by atoms with Crippen LogP contribution in [0, 0.1) is 6.92 Å². The van der Waals surface area contributed by atoms with E-state index < -0.39 is 0 Å². The van der Waals surface area contributed by atoms with Gasteiger partial charge in [0.2, 0.25) is 0 Å². The fourth-order valence-electron chi connectivity index (χ4n) is 2.72. The van der Waals surface area contributed by atoms with Gasteiger partial charge in [-0.2, -0.15) is 5.10 Å². The number of nitrogens with zero attached hydrogens (tertiary/aromatic N) is 7. The second kappa shape index (κ2) is 10.7. The fourth-order valence-corrected chi connectivity index (χ4v) is 2.72. The number of halogens is 1. The standard InChI is InChI=1S/C20H26N8.HI/c1-5-11-21-20(22-13-19-25-24-16(2)27(19)4)26(3)14-17-12-23-28(15-17)18-9-7-6-8-10-18;/h5-10,12,15H,1,11,13-14H2,2-4H3,(H,21,22);1H. The van der Waals surface area contributed by atoms with Crippen molar-refractivity contribution in [3.05, 3.63) is 72.6 Å². The molecule has 8 nitrogen and oxygen atoms in total. The summed E-state index contributed by atoms with van der Waals surface area (Å²) < 4.78 is 3.82. The van der Waals surface area contributed by atoms with Crippen molar-refractivity contribution in [3.63, 3.8) is 0 Å². The smallest absolute Gasteiger partial charge is 0.194 e. The Bertz CT molecular complexity index is 945. The summed E-state index contributed by atoms with van der Waals surface area (Å²) in [5, 5.41) is 16.0. The fraction of sp³-hybridized carbons (Fsp3) is 0.300. The molecule has 0 saturated heterocycles. The zero-order valence-corrected chi connectivity index (χ0v) is 19.3. The van der Waals surface area contributed by atoms with E-state index in [1.165, 1.54) is 0 Å². The molecule has 0 aliphatic carbocycles. The zero-order chi connectivity index (χ0) is 19.9. The molecule has 2 aromatic heterocycles. The lowest BCUT2D eigenvalue weighted by Gasteiger charge is -2.21. The van der Waals surface area contributed by atoms with Gasteiger partial charge in [-0.3, -0.25) is 0 Å². The second-order valence-corrected chi connectivity index (χ2v) is 6.52. The Morgan fingerprint density at radius 1 is 1.28 bits per heavy atom. The Balaban J connectivity index is 0.00000300. The van der Waals surface area contributed by atoms with Crippen LogP contribution in [0.3, 0.4) is 0 Å². The molecule has 9 heteroatoms. The predicted octanol–water partition coefficient (Wildman–Crippen LogP) is 2.69. The van der Waals surface area contributed by atoms with E-state index in [0.29, 0.717) is 19.6 Å². The van der Waals surface area contributed by atoms with E-state index in [4.69, 9.17) is 4.99 Å². The van der Waals surface area contributed by atoms with Crippen LogP contribution in [0.5, 0.6) is 0 Å². The van der Waals surface area contributed by atoms with Gasteiger partial charge < -0.3 is 14.8 Å². The Hall–Kier alpha value is -2.69. The summed E-state index contributed by atoms with van der Waals surface area (Å²) >= 11 is 0. The van der Waals surface area contributed by atoms with Crippen molar-refractivity contribution in [1.82, 2.24) is 34.8 Å². The molecule has 2 heterocycles. The highest BCUT2D eigenvalue weighted by molar-refractivity contribution is 14.0. The van der Waals surface area contributed by atoms with E-state index in [1.54, 1.807) is 0 Å². The van der Waals surface area contributed by atoms with Crippen LogP contribution in [-0.2, 0) is 20.1 Å². The topological polar surface area (TPSA) is 76.2 Å². The first kappa shape index (κ1) is 22.6. The maximum Gasteiger partial charge on any atom is 0.194 e. The molecule has 0 bridgehead atoms. The number of para-hydroxylation sites is 1. The van der Waals surface area contributed by atoms with Gasteiger partial charge in [-0.25, -0.2) is 9.67 Å². The van der Waals surface area contributed by atoms with Gasteiger partial charge in [0.25, 0.3) is 0 Å². The van der Waals surface area contributed by atoms with Gasteiger partial charge in [0.05, 0.1) is 11.9 Å². The van der Waals surface area contributed by atoms with Gasteiger partial charge in [0.15, 0.2) is 11.8 Å². The third-order valence-corrected chi connectivity index (χ3v) is 4.40. The summed E-state index contributed by atoms with van der Waals surface area (Å²) in [5.41, 5.74) is 2.13. The average Bonchev–Trinajstić information content (AvgIpc) is 3.30. The molecule has 0 saturated carbocycles. The summed E-state index contributed by atoms with van der Waals surface area (Å²) in [6, 6.07) is 10.1. The number of guanidine groups is 1. The molecule has 3 rings (SSSR count). The van der Waals surface area contributed by atoms with E-state index >= 15 is 0 Å². The van der Waals surface area contributed by atoms with Gasteiger partial charge in [0.1, 0.15) is 12.4 Å². The van der Waals surface area contributed by atoms with Gasteiger partial charge in [-0.1, -0.05) is 24.3 Å². The largest absolute Gasteiger partial charge is 0.353 e. The highest BCUT2D eigenvalue weighted by atomic mass is 127. The molecule has 154 valence electrons. The van der Waals surface area contributed by atoms with Crippen LogP contribution >= 0.6 is 24.0 Å². The lowest BCUT2D eigenvalue weighted by molar-refractivity contribution is 0.477. The van der Waals surface area contributed by atoms with Crippen LogP contribution in [0.4, 0.5) is 0 Å². The quantitative estimate of drug-likeness (QED) is 0.231. The molecule has 1 N–H and O–H groups in total. The first-order valence-electron chi connectivity index (χ1n) is 9.12. The van der Waals surface area contributed by atoms with Gasteiger partial charge in [-0.05, 0) is 19.1 Å². The molecular weight excluding hydrogens is 479 g/mol. The molecule has 0 fully saturated rings. The monoisotopic (exact) mass is 506 g/mol. The molecule has 29 heavy (non-hydrogen) atoms. The number of hydrogen-bond donors (Lipinski definition) is 1. The number of hydrogen-bond acceptors (Lipinski definition) is 4. The molecule has 0 radical (unpaired) electrons. The summed E-state index contributed by atoms with van der Waals surface area (Å²) in [4.78, 5) is 6.75. The van der Waals surface area contributed by atoms with E-state index in [9.17, 15) is 0 Å². The van der Waals surface area contributed by atoms with Crippen molar-refractivity contribution in [2.75, 3.05) is 13.6 Å². The van der Waals surface area contributed by atoms with Crippen molar-refractivity contribution in [1.29, 1.82) is 0 Å². The van der Waals surface area contributed by atoms with E-state index in [-0.39, 0.29) is 24.0 Å². The number of aromatic nitrogens is 5. The molecule has 1 aromatic carbocycles. The Labute approximate surface area is 188 Å². The maximum atomic E-state index is 4.70. The first-order valence-corrected chi connectivity index (χ1v) is 9.12. The van der Waals surface area contributed by atoms with Crippen molar-refractivity contribution in [2.45, 2.75) is 20.0 Å². The number of nitrogens with one attached hydrogen (secondary N) is 1. The first-order chi connectivity index (χ1) is 13.6. The Kier molecular flexibility index (Phi) is 8.37. The highest BCUT2D eigenvalue weighted by Crippen LogP contribution is 2.09. The van der Waals surface area contributed by atoms with E-state index in [2.05, 4.69) is 32.1 Å². The van der Waals surface area contributed by atoms with Crippen molar-refractivity contribution < 1.29 is 0 Å². The van der Waals surface area contributed by atoms with Crippen molar-refractivity contribution in [3.8, 4) is 5.69 Å². The number of benzene rings is 1. The molecule has 0 aliphatic heterocycles. The maximum absolute atomic E-state index is 4.70. The van der Waals surface area contributed by atoms with Crippen LogP contribution in [-0.4, -0.2) is 49.0 Å². The molecule has 0 unspecified atom stereocenters. The Morgan fingerprint density at radius 2 is 2.03 bits per heavy atom. The number of aliphatic imine (C=N–C) groups is 1. The minimum absolute atomic E-state index is 0. The lowest BCUT2D eigenvalue weighted by atomic mass is 10.3. The second-order valence-electron chi connectivity index (χ2n) is 6.52. The summed E-state index contributed by atoms with van der Waals surface area (Å²) in [6.07, 6.45) is 5.72. The normalized spacial score (nSPS) is 11.1.